The summed E-state index contributed by atoms with van der Waals surface area (Å²) in [5.74, 6) is -0.446. The molecule has 0 bridgehead atoms. The Bertz CT molecular complexity index is 2630. The molecule has 3 amide bonds. The fourth-order valence-electron chi connectivity index (χ4n) is 7.82. The van der Waals surface area contributed by atoms with Crippen LogP contribution in [0.2, 0.25) is 0 Å². The van der Waals surface area contributed by atoms with Crippen LogP contribution in [0, 0.1) is 5.92 Å². The third-order valence-corrected chi connectivity index (χ3v) is 11.5. The number of aryl methyl sites for hydroxylation is 4. The maximum Gasteiger partial charge on any atom is 0.329 e. The predicted molar refractivity (Wildman–Crippen MR) is 229 cm³/mol. The van der Waals surface area contributed by atoms with Crippen LogP contribution in [0.15, 0.2) is 82.5 Å². The Morgan fingerprint density at radius 2 is 1.67 bits per heavy atom. The van der Waals surface area contributed by atoms with Gasteiger partial charge in [-0.1, -0.05) is 31.0 Å². The van der Waals surface area contributed by atoms with Crippen LogP contribution in [0.4, 0.5) is 14.5 Å². The van der Waals surface area contributed by atoms with Crippen LogP contribution >= 0.6 is 0 Å². The maximum absolute atomic E-state index is 14.0. The quantitative estimate of drug-likeness (QED) is 0.0562. The summed E-state index contributed by atoms with van der Waals surface area (Å²) in [7, 11) is 1.68. The van der Waals surface area contributed by atoms with Gasteiger partial charge in [-0.25, -0.2) is 23.2 Å². The fourth-order valence-corrected chi connectivity index (χ4v) is 7.82. The number of amides is 3. The molecule has 1 aliphatic heterocycles. The summed E-state index contributed by atoms with van der Waals surface area (Å²) in [6.07, 6.45) is 10.4. The molecule has 330 valence electrons. The Labute approximate surface area is 361 Å². The van der Waals surface area contributed by atoms with Gasteiger partial charge >= 0.3 is 5.69 Å². The number of benzene rings is 2. The molecular formula is C46H50F2N8O7. The number of ether oxygens (including phenoxy) is 2. The molecule has 1 saturated carbocycles. The van der Waals surface area contributed by atoms with E-state index < -0.39 is 30.0 Å². The summed E-state index contributed by atoms with van der Waals surface area (Å²) in [6, 6.07) is 16.2. The van der Waals surface area contributed by atoms with Crippen molar-refractivity contribution in [2.24, 2.45) is 13.0 Å². The standard InChI is InChI=1S/C46H50F2N8O7/c1-54-39-25-31(12-16-37(39)56(46(54)60)38-17-18-40(57)52-44(38)59)6-4-22-62-24-23-61-21-3-2-5-29-10-14-34(15-11-29)55-27-35(41(53-55)42(47)48)50-43(58)36-28-63-45(51-36)32-19-20-49-33(26-32)13-9-30-7-8-30/h10-12,14-16,19-20,25-28,30,38,42H,2-9,13,17-18,21-24H2,1H3,(H,50,58)(H,52,57,59). The number of alkyl halides is 2. The lowest BCUT2D eigenvalue weighted by Gasteiger charge is -2.21. The third kappa shape index (κ3) is 10.7. The minimum atomic E-state index is -2.92. The highest BCUT2D eigenvalue weighted by atomic mass is 19.3. The molecule has 17 heteroatoms. The Morgan fingerprint density at radius 3 is 2.43 bits per heavy atom. The molecule has 0 spiro atoms. The number of anilines is 1. The van der Waals surface area contributed by atoms with Crippen molar-refractivity contribution in [3.8, 4) is 17.1 Å². The minimum Gasteiger partial charge on any atom is -0.444 e. The van der Waals surface area contributed by atoms with Gasteiger partial charge in [-0.05, 0) is 105 Å². The number of nitrogens with one attached hydrogen (secondary N) is 2. The van der Waals surface area contributed by atoms with E-state index in [0.717, 1.165) is 73.2 Å². The smallest absolute Gasteiger partial charge is 0.329 e. The first-order valence-electron chi connectivity index (χ1n) is 21.5. The van der Waals surface area contributed by atoms with Gasteiger partial charge in [0.2, 0.25) is 17.7 Å². The van der Waals surface area contributed by atoms with Crippen molar-refractivity contribution in [2.75, 3.05) is 31.7 Å². The van der Waals surface area contributed by atoms with Crippen molar-refractivity contribution in [3.63, 3.8) is 0 Å². The summed E-state index contributed by atoms with van der Waals surface area (Å²) in [6.45, 7) is 2.11. The summed E-state index contributed by atoms with van der Waals surface area (Å²) in [5.41, 5.74) is 4.70. The number of halogens is 2. The van der Waals surface area contributed by atoms with Crippen molar-refractivity contribution in [1.82, 2.24) is 34.2 Å². The van der Waals surface area contributed by atoms with Gasteiger partial charge in [0.25, 0.3) is 12.3 Å². The number of unbranched alkanes of at least 4 members (excludes halogenated alkanes) is 1. The van der Waals surface area contributed by atoms with E-state index in [2.05, 4.69) is 25.7 Å². The molecule has 1 aliphatic carbocycles. The lowest BCUT2D eigenvalue weighted by atomic mass is 10.1. The highest BCUT2D eigenvalue weighted by Crippen LogP contribution is 2.34. The van der Waals surface area contributed by atoms with Gasteiger partial charge in [-0.15, -0.1) is 0 Å². The number of carbonyl (C=O) groups is 3. The highest BCUT2D eigenvalue weighted by Gasteiger charge is 2.31. The number of pyridine rings is 1. The van der Waals surface area contributed by atoms with Gasteiger partial charge in [0.1, 0.15) is 12.3 Å². The van der Waals surface area contributed by atoms with Gasteiger partial charge in [-0.3, -0.25) is 33.8 Å². The molecule has 63 heavy (non-hydrogen) atoms. The minimum absolute atomic E-state index is 0.0457. The normalized spacial score (nSPS) is 15.4. The van der Waals surface area contributed by atoms with Crippen LogP contribution < -0.4 is 16.3 Å². The Morgan fingerprint density at radius 1 is 0.905 bits per heavy atom. The number of rotatable bonds is 21. The van der Waals surface area contributed by atoms with E-state index in [0.29, 0.717) is 49.6 Å². The van der Waals surface area contributed by atoms with Gasteiger partial charge in [-0.2, -0.15) is 5.10 Å². The maximum atomic E-state index is 14.0. The van der Waals surface area contributed by atoms with Crippen molar-refractivity contribution in [3.05, 3.63) is 112 Å². The Kier molecular flexibility index (Phi) is 13.6. The topological polar surface area (TPSA) is 177 Å². The fraction of sp³-hybridized carbons (Fsp3) is 0.413. The zero-order chi connectivity index (χ0) is 43.9. The largest absolute Gasteiger partial charge is 0.444 e. The molecule has 2 aromatic carbocycles. The van der Waals surface area contributed by atoms with Crippen LogP contribution in [0.25, 0.3) is 28.2 Å². The second kappa shape index (κ2) is 19.8. The highest BCUT2D eigenvalue weighted by molar-refractivity contribution is 6.03. The van der Waals surface area contributed by atoms with Crippen LogP contribution in [-0.2, 0) is 45.4 Å². The summed E-state index contributed by atoms with van der Waals surface area (Å²) >= 11 is 0. The second-order valence-electron chi connectivity index (χ2n) is 16.1. The zero-order valence-corrected chi connectivity index (χ0v) is 35.1. The molecule has 1 atom stereocenters. The summed E-state index contributed by atoms with van der Waals surface area (Å²) in [4.78, 5) is 58.9. The molecule has 0 radical (unpaired) electrons. The predicted octanol–water partition coefficient (Wildman–Crippen LogP) is 7.07. The number of fused-ring (bicyclic) bond motifs is 1. The molecule has 2 fully saturated rings. The van der Waals surface area contributed by atoms with Crippen LogP contribution in [0.5, 0.6) is 0 Å². The molecule has 8 rings (SSSR count). The van der Waals surface area contributed by atoms with Gasteiger partial charge in [0, 0.05) is 44.1 Å². The number of imide groups is 1. The van der Waals surface area contributed by atoms with E-state index in [4.69, 9.17) is 13.9 Å². The molecule has 1 unspecified atom stereocenters. The number of nitrogens with zero attached hydrogens (tertiary/aromatic N) is 6. The molecule has 6 aromatic rings. The SMILES string of the molecule is Cn1c(=O)n(C2CCC(=O)NC2=O)c2ccc(CCCOCCOCCCCc3ccc(-n4cc(NC(=O)c5coc(-c6ccnc(CCC7CC7)c6)n5)c(C(F)F)n4)cc3)cc21. The van der Waals surface area contributed by atoms with E-state index in [1.54, 1.807) is 31.4 Å². The Balaban J connectivity index is 0.727. The first-order chi connectivity index (χ1) is 30.6. The van der Waals surface area contributed by atoms with Crippen molar-refractivity contribution in [2.45, 2.75) is 83.1 Å². The van der Waals surface area contributed by atoms with E-state index in [-0.39, 0.29) is 35.3 Å². The first-order valence-corrected chi connectivity index (χ1v) is 21.5. The first kappa shape index (κ1) is 43.3. The lowest BCUT2D eigenvalue weighted by molar-refractivity contribution is -0.135. The summed E-state index contributed by atoms with van der Waals surface area (Å²) < 4.78 is 49.5. The molecule has 5 heterocycles. The zero-order valence-electron chi connectivity index (χ0n) is 35.1. The number of hydrogen-bond donors (Lipinski definition) is 2. The molecular weight excluding hydrogens is 815 g/mol. The van der Waals surface area contributed by atoms with Gasteiger partial charge in [0.05, 0.1) is 41.8 Å². The summed E-state index contributed by atoms with van der Waals surface area (Å²) in [5, 5.41) is 8.94. The van der Waals surface area contributed by atoms with Crippen LogP contribution in [-0.4, -0.2) is 73.0 Å². The van der Waals surface area contributed by atoms with Gasteiger partial charge in [0.15, 0.2) is 11.4 Å². The molecule has 1 saturated heterocycles. The van der Waals surface area contributed by atoms with E-state index in [1.165, 1.54) is 39.1 Å². The number of carbonyl (C=O) groups excluding carboxylic acids is 3. The van der Waals surface area contributed by atoms with Crippen molar-refractivity contribution in [1.29, 1.82) is 0 Å². The molecule has 15 nitrogen and oxygen atoms in total. The average Bonchev–Trinajstić information content (AvgIpc) is 3.70. The Hall–Kier alpha value is -6.33. The number of aromatic nitrogens is 6. The number of imidazole rings is 1. The molecule has 4 aromatic heterocycles. The van der Waals surface area contributed by atoms with Crippen LogP contribution in [0.1, 0.15) is 96.8 Å². The average molecular weight is 865 g/mol. The lowest BCUT2D eigenvalue weighted by Crippen LogP contribution is -2.44. The van der Waals surface area contributed by atoms with Gasteiger partial charge < -0.3 is 19.2 Å². The number of oxazole rings is 1. The molecule has 2 aliphatic rings. The van der Waals surface area contributed by atoms with E-state index >= 15 is 0 Å². The molecule has 2 N–H and O–H groups in total. The van der Waals surface area contributed by atoms with Crippen molar-refractivity contribution < 1.29 is 37.1 Å². The van der Waals surface area contributed by atoms with E-state index in [1.807, 2.05) is 36.4 Å². The number of piperidine rings is 1. The van der Waals surface area contributed by atoms with E-state index in [9.17, 15) is 28.0 Å². The van der Waals surface area contributed by atoms with Crippen molar-refractivity contribution >= 4 is 34.4 Å². The number of hydrogen-bond acceptors (Lipinski definition) is 10. The monoisotopic (exact) mass is 864 g/mol. The third-order valence-electron chi connectivity index (χ3n) is 11.5. The second-order valence-corrected chi connectivity index (χ2v) is 16.1. The van der Waals surface area contributed by atoms with Crippen LogP contribution in [0.3, 0.4) is 0 Å².